The molecule has 20 heavy (non-hydrogen) atoms. The average Bonchev–Trinajstić information content (AvgIpc) is 2.57. The summed E-state index contributed by atoms with van der Waals surface area (Å²) in [7, 11) is 0. The predicted molar refractivity (Wildman–Crippen MR) is 72.5 cm³/mol. The van der Waals surface area contributed by atoms with E-state index in [1.165, 1.54) is 12.1 Å². The van der Waals surface area contributed by atoms with Gasteiger partial charge in [-0.3, -0.25) is 4.79 Å². The van der Waals surface area contributed by atoms with Crippen molar-refractivity contribution in [3.05, 3.63) is 35.6 Å². The Morgan fingerprint density at radius 1 is 1.20 bits per heavy atom. The van der Waals surface area contributed by atoms with E-state index in [4.69, 9.17) is 0 Å². The van der Waals surface area contributed by atoms with E-state index in [2.05, 4.69) is 5.32 Å². The van der Waals surface area contributed by atoms with Crippen LogP contribution in [0.5, 0.6) is 0 Å². The van der Waals surface area contributed by atoms with Gasteiger partial charge in [-0.2, -0.15) is 0 Å². The van der Waals surface area contributed by atoms with E-state index < -0.39 is 18.2 Å². The zero-order valence-corrected chi connectivity index (χ0v) is 11.3. The molecule has 4 nitrogen and oxygen atoms in total. The highest BCUT2D eigenvalue weighted by Gasteiger charge is 2.29. The Morgan fingerprint density at radius 2 is 1.85 bits per heavy atom. The standard InChI is InChI=1S/C15H20FNO3/c16-11-7-5-10(6-8-11)9-14(19)17-12-3-1-2-4-13(18)15(12)20/h5-8,12-13,15,18,20H,1-4,9H2,(H,17,19)/t12-,13-,15-/m1/s1. The molecule has 0 spiro atoms. The number of halogens is 1. The van der Waals surface area contributed by atoms with Crippen molar-refractivity contribution in [2.24, 2.45) is 0 Å². The fourth-order valence-corrected chi connectivity index (χ4v) is 2.53. The number of amides is 1. The van der Waals surface area contributed by atoms with E-state index in [1.807, 2.05) is 0 Å². The molecule has 0 radical (unpaired) electrons. The van der Waals surface area contributed by atoms with E-state index in [0.29, 0.717) is 18.4 Å². The van der Waals surface area contributed by atoms with Gasteiger partial charge in [-0.25, -0.2) is 4.39 Å². The number of carbonyl (C=O) groups is 1. The molecular weight excluding hydrogens is 261 g/mol. The smallest absolute Gasteiger partial charge is 0.224 e. The quantitative estimate of drug-likeness (QED) is 0.728. The Balaban J connectivity index is 1.91. The van der Waals surface area contributed by atoms with Gasteiger partial charge in [0.05, 0.1) is 24.7 Å². The Hall–Kier alpha value is -1.46. The fraction of sp³-hybridized carbons (Fsp3) is 0.533. The van der Waals surface area contributed by atoms with E-state index >= 15 is 0 Å². The molecule has 1 aromatic rings. The lowest BCUT2D eigenvalue weighted by molar-refractivity contribution is -0.122. The summed E-state index contributed by atoms with van der Waals surface area (Å²) in [6.07, 6.45) is 1.37. The first-order valence-corrected chi connectivity index (χ1v) is 6.96. The van der Waals surface area contributed by atoms with Crippen LogP contribution >= 0.6 is 0 Å². The molecule has 0 aromatic heterocycles. The number of aliphatic hydroxyl groups is 2. The number of benzene rings is 1. The van der Waals surface area contributed by atoms with Crippen LogP contribution in [0.15, 0.2) is 24.3 Å². The first-order chi connectivity index (χ1) is 9.56. The van der Waals surface area contributed by atoms with E-state index in [0.717, 1.165) is 12.8 Å². The maximum atomic E-state index is 12.8. The molecule has 0 unspecified atom stereocenters. The van der Waals surface area contributed by atoms with E-state index in [9.17, 15) is 19.4 Å². The summed E-state index contributed by atoms with van der Waals surface area (Å²) in [4.78, 5) is 11.9. The second-order valence-corrected chi connectivity index (χ2v) is 5.32. The van der Waals surface area contributed by atoms with Crippen LogP contribution in [0.25, 0.3) is 0 Å². The number of nitrogens with one attached hydrogen (secondary N) is 1. The molecule has 110 valence electrons. The Kier molecular flexibility index (Phi) is 5.09. The maximum Gasteiger partial charge on any atom is 0.224 e. The van der Waals surface area contributed by atoms with E-state index in [1.54, 1.807) is 12.1 Å². The molecule has 0 aliphatic heterocycles. The third-order valence-corrected chi connectivity index (χ3v) is 3.70. The molecule has 1 fully saturated rings. The lowest BCUT2D eigenvalue weighted by Crippen LogP contribution is -2.47. The molecule has 3 atom stereocenters. The zero-order valence-electron chi connectivity index (χ0n) is 11.3. The molecule has 1 amide bonds. The van der Waals surface area contributed by atoms with Gasteiger partial charge in [0.15, 0.2) is 0 Å². The van der Waals surface area contributed by atoms with Gasteiger partial charge in [0.25, 0.3) is 0 Å². The second kappa shape index (κ2) is 6.81. The van der Waals surface area contributed by atoms with Gasteiger partial charge in [0, 0.05) is 0 Å². The Morgan fingerprint density at radius 3 is 2.55 bits per heavy atom. The summed E-state index contributed by atoms with van der Waals surface area (Å²) in [6.45, 7) is 0. The largest absolute Gasteiger partial charge is 0.390 e. The van der Waals surface area contributed by atoms with E-state index in [-0.39, 0.29) is 18.1 Å². The molecular formula is C15H20FNO3. The SMILES string of the molecule is O=C(Cc1ccc(F)cc1)N[C@@H]1CCCC[C@@H](O)[C@@H]1O. The summed E-state index contributed by atoms with van der Waals surface area (Å²) in [5, 5.41) is 22.4. The molecule has 3 N–H and O–H groups in total. The lowest BCUT2D eigenvalue weighted by Gasteiger charge is -2.24. The highest BCUT2D eigenvalue weighted by atomic mass is 19.1. The number of carbonyl (C=O) groups excluding carboxylic acids is 1. The molecule has 0 heterocycles. The number of hydrogen-bond donors (Lipinski definition) is 3. The molecule has 5 heteroatoms. The van der Waals surface area contributed by atoms with Crippen molar-refractivity contribution >= 4 is 5.91 Å². The van der Waals surface area contributed by atoms with Gasteiger partial charge in [-0.15, -0.1) is 0 Å². The van der Waals surface area contributed by atoms with Crippen LogP contribution in [0, 0.1) is 5.82 Å². The van der Waals surface area contributed by atoms with Crippen LogP contribution in [0.2, 0.25) is 0 Å². The van der Waals surface area contributed by atoms with Crippen LogP contribution < -0.4 is 5.32 Å². The van der Waals surface area contributed by atoms with Crippen molar-refractivity contribution in [3.8, 4) is 0 Å². The van der Waals surface area contributed by atoms with Gasteiger partial charge in [0.2, 0.25) is 5.91 Å². The monoisotopic (exact) mass is 281 g/mol. The van der Waals surface area contributed by atoms with Gasteiger partial charge in [-0.1, -0.05) is 25.0 Å². The second-order valence-electron chi connectivity index (χ2n) is 5.32. The number of aliphatic hydroxyl groups excluding tert-OH is 2. The molecule has 0 bridgehead atoms. The van der Waals surface area contributed by atoms with Crippen molar-refractivity contribution in [3.63, 3.8) is 0 Å². The van der Waals surface area contributed by atoms with Crippen LogP contribution in [0.1, 0.15) is 31.2 Å². The zero-order chi connectivity index (χ0) is 14.5. The third kappa shape index (κ3) is 4.02. The van der Waals surface area contributed by atoms with Crippen LogP contribution in [-0.2, 0) is 11.2 Å². The first kappa shape index (κ1) is 14.9. The summed E-state index contributed by atoms with van der Waals surface area (Å²) >= 11 is 0. The van der Waals surface area contributed by atoms with Gasteiger partial charge in [-0.05, 0) is 30.5 Å². The normalized spacial score (nSPS) is 26.9. The molecule has 0 saturated heterocycles. The molecule has 1 saturated carbocycles. The minimum absolute atomic E-state index is 0.138. The molecule has 1 aliphatic rings. The molecule has 2 rings (SSSR count). The maximum absolute atomic E-state index is 12.8. The van der Waals surface area contributed by atoms with Crippen molar-refractivity contribution in [2.45, 2.75) is 50.4 Å². The van der Waals surface area contributed by atoms with Gasteiger partial charge >= 0.3 is 0 Å². The van der Waals surface area contributed by atoms with Gasteiger partial charge in [0.1, 0.15) is 5.82 Å². The van der Waals surface area contributed by atoms with Crippen molar-refractivity contribution in [2.75, 3.05) is 0 Å². The summed E-state index contributed by atoms with van der Waals surface area (Å²) < 4.78 is 12.8. The number of hydrogen-bond acceptors (Lipinski definition) is 3. The Bertz CT molecular complexity index is 449. The highest BCUT2D eigenvalue weighted by Crippen LogP contribution is 2.19. The summed E-state index contributed by atoms with van der Waals surface area (Å²) in [5.41, 5.74) is 0.715. The minimum atomic E-state index is -0.922. The average molecular weight is 281 g/mol. The molecule has 1 aromatic carbocycles. The fourth-order valence-electron chi connectivity index (χ4n) is 2.53. The van der Waals surface area contributed by atoms with Crippen LogP contribution in [0.3, 0.4) is 0 Å². The highest BCUT2D eigenvalue weighted by molar-refractivity contribution is 5.78. The summed E-state index contributed by atoms with van der Waals surface area (Å²) in [5.74, 6) is -0.564. The van der Waals surface area contributed by atoms with Crippen LogP contribution in [-0.4, -0.2) is 34.4 Å². The van der Waals surface area contributed by atoms with Crippen molar-refractivity contribution < 1.29 is 19.4 Å². The predicted octanol–water partition coefficient (Wildman–Crippen LogP) is 1.15. The number of rotatable bonds is 3. The van der Waals surface area contributed by atoms with Crippen LogP contribution in [0.4, 0.5) is 4.39 Å². The summed E-state index contributed by atoms with van der Waals surface area (Å²) in [6, 6.07) is 5.33. The lowest BCUT2D eigenvalue weighted by atomic mass is 10.0. The Labute approximate surface area is 117 Å². The first-order valence-electron chi connectivity index (χ1n) is 6.96. The molecule has 1 aliphatic carbocycles. The van der Waals surface area contributed by atoms with Crippen molar-refractivity contribution in [1.82, 2.24) is 5.32 Å². The van der Waals surface area contributed by atoms with Crippen molar-refractivity contribution in [1.29, 1.82) is 0 Å². The minimum Gasteiger partial charge on any atom is -0.390 e. The van der Waals surface area contributed by atoms with Gasteiger partial charge < -0.3 is 15.5 Å². The topological polar surface area (TPSA) is 69.6 Å². The third-order valence-electron chi connectivity index (χ3n) is 3.70.